The van der Waals surface area contributed by atoms with Crippen molar-refractivity contribution >= 4 is 0 Å². The maximum absolute atomic E-state index is 5.80. The Kier molecular flexibility index (Phi) is 4.45. The van der Waals surface area contributed by atoms with Crippen LogP contribution in [0.2, 0.25) is 0 Å². The predicted molar refractivity (Wildman–Crippen MR) is 78.0 cm³/mol. The van der Waals surface area contributed by atoms with Crippen LogP contribution < -0.4 is 9.47 Å². The van der Waals surface area contributed by atoms with E-state index >= 15 is 0 Å². The van der Waals surface area contributed by atoms with Gasteiger partial charge in [-0.3, -0.25) is 0 Å². The summed E-state index contributed by atoms with van der Waals surface area (Å²) in [6.45, 7) is 7.04. The third-order valence-electron chi connectivity index (χ3n) is 2.65. The molecule has 100 valence electrons. The second-order valence-corrected chi connectivity index (χ2v) is 5.09. The SMILES string of the molecule is Cc1ccc(Oc2cccc(OCC(C)C)c2)cc1. The van der Waals surface area contributed by atoms with Gasteiger partial charge in [0.1, 0.15) is 17.2 Å². The summed E-state index contributed by atoms with van der Waals surface area (Å²) in [7, 11) is 0. The first kappa shape index (κ1) is 13.5. The molecule has 0 aliphatic rings. The quantitative estimate of drug-likeness (QED) is 0.763. The third kappa shape index (κ3) is 4.32. The minimum atomic E-state index is 0.515. The number of hydrogen-bond donors (Lipinski definition) is 0. The lowest BCUT2D eigenvalue weighted by atomic mass is 10.2. The predicted octanol–water partition coefficient (Wildman–Crippen LogP) is 4.82. The van der Waals surface area contributed by atoms with Gasteiger partial charge in [0.25, 0.3) is 0 Å². The van der Waals surface area contributed by atoms with Crippen molar-refractivity contribution in [2.24, 2.45) is 5.92 Å². The van der Waals surface area contributed by atoms with Crippen molar-refractivity contribution in [2.75, 3.05) is 6.61 Å². The maximum Gasteiger partial charge on any atom is 0.131 e. The fraction of sp³-hybridized carbons (Fsp3) is 0.294. The lowest BCUT2D eigenvalue weighted by Gasteiger charge is -2.10. The number of benzene rings is 2. The van der Waals surface area contributed by atoms with Crippen LogP contribution in [0.5, 0.6) is 17.2 Å². The molecule has 0 radical (unpaired) electrons. The molecule has 0 heterocycles. The van der Waals surface area contributed by atoms with Crippen LogP contribution in [-0.2, 0) is 0 Å². The highest BCUT2D eigenvalue weighted by Crippen LogP contribution is 2.25. The zero-order valence-electron chi connectivity index (χ0n) is 11.7. The van der Waals surface area contributed by atoms with E-state index in [1.54, 1.807) is 0 Å². The van der Waals surface area contributed by atoms with Gasteiger partial charge in [-0.2, -0.15) is 0 Å². The fourth-order valence-electron chi connectivity index (χ4n) is 1.63. The Balaban J connectivity index is 2.04. The highest BCUT2D eigenvalue weighted by molar-refractivity contribution is 5.37. The topological polar surface area (TPSA) is 18.5 Å². The molecule has 0 saturated carbocycles. The van der Waals surface area contributed by atoms with E-state index in [1.165, 1.54) is 5.56 Å². The number of ether oxygens (including phenoxy) is 2. The van der Waals surface area contributed by atoms with E-state index in [9.17, 15) is 0 Å². The van der Waals surface area contributed by atoms with E-state index in [1.807, 2.05) is 48.5 Å². The van der Waals surface area contributed by atoms with Crippen molar-refractivity contribution in [1.82, 2.24) is 0 Å². The Morgan fingerprint density at radius 2 is 1.58 bits per heavy atom. The smallest absolute Gasteiger partial charge is 0.131 e. The molecule has 0 aliphatic carbocycles. The molecule has 0 fully saturated rings. The molecule has 0 aromatic heterocycles. The first-order valence-electron chi connectivity index (χ1n) is 6.61. The molecule has 19 heavy (non-hydrogen) atoms. The summed E-state index contributed by atoms with van der Waals surface area (Å²) in [5.74, 6) is 3.00. The molecular formula is C17H20O2. The van der Waals surface area contributed by atoms with Crippen LogP contribution in [0.25, 0.3) is 0 Å². The summed E-state index contributed by atoms with van der Waals surface area (Å²) in [4.78, 5) is 0. The highest BCUT2D eigenvalue weighted by atomic mass is 16.5. The molecule has 0 atom stereocenters. The molecule has 2 heteroatoms. The molecule has 0 bridgehead atoms. The largest absolute Gasteiger partial charge is 0.493 e. The van der Waals surface area contributed by atoms with Gasteiger partial charge in [0.05, 0.1) is 6.61 Å². The molecule has 0 spiro atoms. The molecule has 2 nitrogen and oxygen atoms in total. The van der Waals surface area contributed by atoms with Crippen LogP contribution in [0.1, 0.15) is 19.4 Å². The lowest BCUT2D eigenvalue weighted by molar-refractivity contribution is 0.270. The second kappa shape index (κ2) is 6.28. The van der Waals surface area contributed by atoms with Gasteiger partial charge >= 0.3 is 0 Å². The molecule has 0 unspecified atom stereocenters. The van der Waals surface area contributed by atoms with Crippen LogP contribution in [0.4, 0.5) is 0 Å². The summed E-state index contributed by atoms with van der Waals surface area (Å²) in [5, 5.41) is 0. The van der Waals surface area contributed by atoms with Gasteiger partial charge in [-0.05, 0) is 37.1 Å². The first-order valence-corrected chi connectivity index (χ1v) is 6.61. The minimum absolute atomic E-state index is 0.515. The van der Waals surface area contributed by atoms with Crippen LogP contribution in [0, 0.1) is 12.8 Å². The van der Waals surface area contributed by atoms with E-state index in [0.717, 1.165) is 17.2 Å². The third-order valence-corrected chi connectivity index (χ3v) is 2.65. The van der Waals surface area contributed by atoms with Gasteiger partial charge in [-0.15, -0.1) is 0 Å². The van der Waals surface area contributed by atoms with Gasteiger partial charge in [0.15, 0.2) is 0 Å². The van der Waals surface area contributed by atoms with Crippen LogP contribution in [-0.4, -0.2) is 6.61 Å². The molecule has 2 aromatic rings. The standard InChI is InChI=1S/C17H20O2/c1-13(2)12-18-16-5-4-6-17(11-16)19-15-9-7-14(3)8-10-15/h4-11,13H,12H2,1-3H3. The van der Waals surface area contributed by atoms with Gasteiger partial charge in [-0.1, -0.05) is 37.6 Å². The fourth-order valence-corrected chi connectivity index (χ4v) is 1.63. The first-order chi connectivity index (χ1) is 9.13. The molecule has 0 amide bonds. The normalized spacial score (nSPS) is 10.5. The average molecular weight is 256 g/mol. The molecule has 2 aromatic carbocycles. The maximum atomic E-state index is 5.80. The zero-order valence-corrected chi connectivity index (χ0v) is 11.7. The van der Waals surface area contributed by atoms with Crippen LogP contribution in [0.15, 0.2) is 48.5 Å². The summed E-state index contributed by atoms with van der Waals surface area (Å²) in [5.41, 5.74) is 1.22. The van der Waals surface area contributed by atoms with Crippen molar-refractivity contribution in [3.05, 3.63) is 54.1 Å². The second-order valence-electron chi connectivity index (χ2n) is 5.09. The lowest BCUT2D eigenvalue weighted by Crippen LogP contribution is -2.04. The average Bonchev–Trinajstić information content (AvgIpc) is 2.40. The minimum Gasteiger partial charge on any atom is -0.493 e. The Morgan fingerprint density at radius 1 is 0.895 bits per heavy atom. The summed E-state index contributed by atoms with van der Waals surface area (Å²) in [6, 6.07) is 15.8. The van der Waals surface area contributed by atoms with Gasteiger partial charge in [0.2, 0.25) is 0 Å². The van der Waals surface area contributed by atoms with E-state index in [0.29, 0.717) is 12.5 Å². The van der Waals surface area contributed by atoms with Crippen molar-refractivity contribution < 1.29 is 9.47 Å². The summed E-state index contributed by atoms with van der Waals surface area (Å²) in [6.07, 6.45) is 0. The van der Waals surface area contributed by atoms with E-state index < -0.39 is 0 Å². The van der Waals surface area contributed by atoms with Crippen molar-refractivity contribution in [3.63, 3.8) is 0 Å². The Bertz CT molecular complexity index is 515. The molecule has 2 rings (SSSR count). The molecular weight excluding hydrogens is 236 g/mol. The van der Waals surface area contributed by atoms with E-state index in [2.05, 4.69) is 20.8 Å². The summed E-state index contributed by atoms with van der Waals surface area (Å²) < 4.78 is 11.5. The molecule has 0 saturated heterocycles. The summed E-state index contributed by atoms with van der Waals surface area (Å²) >= 11 is 0. The van der Waals surface area contributed by atoms with Crippen molar-refractivity contribution in [3.8, 4) is 17.2 Å². The van der Waals surface area contributed by atoms with E-state index in [-0.39, 0.29) is 0 Å². The Labute approximate surface area is 115 Å². The molecule has 0 N–H and O–H groups in total. The number of aryl methyl sites for hydroxylation is 1. The van der Waals surface area contributed by atoms with Gasteiger partial charge in [0, 0.05) is 6.07 Å². The number of rotatable bonds is 5. The number of hydrogen-bond acceptors (Lipinski definition) is 2. The van der Waals surface area contributed by atoms with E-state index in [4.69, 9.17) is 9.47 Å². The van der Waals surface area contributed by atoms with Gasteiger partial charge in [-0.25, -0.2) is 0 Å². The van der Waals surface area contributed by atoms with Gasteiger partial charge < -0.3 is 9.47 Å². The molecule has 0 aliphatic heterocycles. The van der Waals surface area contributed by atoms with Crippen LogP contribution >= 0.6 is 0 Å². The highest BCUT2D eigenvalue weighted by Gasteiger charge is 2.01. The van der Waals surface area contributed by atoms with Crippen molar-refractivity contribution in [1.29, 1.82) is 0 Å². The zero-order chi connectivity index (χ0) is 13.7. The van der Waals surface area contributed by atoms with Crippen LogP contribution in [0.3, 0.4) is 0 Å². The Morgan fingerprint density at radius 3 is 2.26 bits per heavy atom. The Hall–Kier alpha value is -1.96. The van der Waals surface area contributed by atoms with Crippen molar-refractivity contribution in [2.45, 2.75) is 20.8 Å². The monoisotopic (exact) mass is 256 g/mol.